The average Bonchev–Trinajstić information content (AvgIpc) is 1.68. The van der Waals surface area contributed by atoms with Crippen LogP contribution >= 0.6 is 0 Å². The third-order valence-electron chi connectivity index (χ3n) is 0.512. The van der Waals surface area contributed by atoms with E-state index < -0.39 is 0 Å². The van der Waals surface area contributed by atoms with Crippen molar-refractivity contribution in [2.24, 2.45) is 0 Å². The molecule has 0 spiro atoms. The van der Waals surface area contributed by atoms with Crippen LogP contribution < -0.4 is 0 Å². The van der Waals surface area contributed by atoms with Gasteiger partial charge in [-0.25, -0.2) is 4.79 Å². The molecule has 7 heavy (non-hydrogen) atoms. The van der Waals surface area contributed by atoms with Gasteiger partial charge in [-0.05, 0) is 5.20 Å². The van der Waals surface area contributed by atoms with E-state index in [1.807, 2.05) is 0 Å². The van der Waals surface area contributed by atoms with Crippen molar-refractivity contribution in [1.82, 2.24) is 0 Å². The fraction of sp³-hybridized carbons (Fsp3) is 0.250. The van der Waals surface area contributed by atoms with Crippen LogP contribution in [-0.2, 0) is 9.59 Å². The highest BCUT2D eigenvalue weighted by molar-refractivity contribution is 6.26. The van der Waals surface area contributed by atoms with Crippen molar-refractivity contribution in [3.63, 3.8) is 0 Å². The molecule has 0 unspecified atom stereocenters. The topological polar surface area (TPSA) is 34.1 Å². The van der Waals surface area contributed by atoms with Gasteiger partial charge in [0.2, 0.25) is 6.29 Å². The quantitative estimate of drug-likeness (QED) is 0.325. The van der Waals surface area contributed by atoms with Crippen LogP contribution in [-0.4, -0.2) is 22.5 Å². The molecule has 0 fully saturated rings. The Morgan fingerprint density at radius 3 is 2.29 bits per heavy atom. The number of allylic oxidation sites excluding steroid dienone is 1. The Morgan fingerprint density at radius 2 is 2.14 bits per heavy atom. The van der Waals surface area contributed by atoms with Crippen molar-refractivity contribution in [3.05, 3.63) is 5.20 Å². The summed E-state index contributed by atoms with van der Waals surface area (Å²) in [7, 11) is 0.630. The standard InChI is InChI=1S/C4H5O2Si/c5-2-1-4(7)3-6/h1H2,7H3. The molecule has 37 valence electrons. The number of rotatable bonds is 2. The van der Waals surface area contributed by atoms with Crippen molar-refractivity contribution < 1.29 is 9.59 Å². The first-order valence-electron chi connectivity index (χ1n) is 1.87. The fourth-order valence-electron chi connectivity index (χ4n) is 0.144. The summed E-state index contributed by atoms with van der Waals surface area (Å²) in [5, 5.41) is 0.537. The van der Waals surface area contributed by atoms with Crippen LogP contribution in [0.3, 0.4) is 0 Å². The first-order valence-corrected chi connectivity index (χ1v) is 2.87. The van der Waals surface area contributed by atoms with Gasteiger partial charge >= 0.3 is 0 Å². The SMILES string of the molecule is O=[C]CC([SiH3])=C=O. The first-order chi connectivity index (χ1) is 3.31. The Balaban J connectivity index is 3.58. The molecule has 0 heterocycles. The summed E-state index contributed by atoms with van der Waals surface area (Å²) in [6.07, 6.45) is 1.75. The van der Waals surface area contributed by atoms with E-state index >= 15 is 0 Å². The van der Waals surface area contributed by atoms with E-state index in [0.717, 1.165) is 0 Å². The van der Waals surface area contributed by atoms with Gasteiger partial charge in [0.15, 0.2) is 0 Å². The van der Waals surface area contributed by atoms with Gasteiger partial charge in [0.05, 0.1) is 0 Å². The van der Waals surface area contributed by atoms with Gasteiger partial charge in [0.1, 0.15) is 5.94 Å². The summed E-state index contributed by atoms with van der Waals surface area (Å²) in [6, 6.07) is 0. The van der Waals surface area contributed by atoms with Crippen LogP contribution in [0, 0.1) is 0 Å². The van der Waals surface area contributed by atoms with Gasteiger partial charge in [-0.3, -0.25) is 4.79 Å². The molecule has 0 atom stereocenters. The molecule has 0 aliphatic heterocycles. The highest BCUT2D eigenvalue weighted by Crippen LogP contribution is 1.80. The van der Waals surface area contributed by atoms with Crippen LogP contribution in [0.4, 0.5) is 0 Å². The lowest BCUT2D eigenvalue weighted by atomic mass is 10.5. The maximum Gasteiger partial charge on any atom is 0.203 e. The molecule has 0 aromatic rings. The zero-order valence-corrected chi connectivity index (χ0v) is 6.02. The summed E-state index contributed by atoms with van der Waals surface area (Å²) in [6.45, 7) is 0. The molecule has 0 aromatic carbocycles. The summed E-state index contributed by atoms with van der Waals surface area (Å²) >= 11 is 0. The lowest BCUT2D eigenvalue weighted by molar-refractivity contribution is 0.553. The highest BCUT2D eigenvalue weighted by atomic mass is 28.1. The normalized spacial score (nSPS) is 7.43. The Kier molecular flexibility index (Phi) is 3.19. The van der Waals surface area contributed by atoms with Gasteiger partial charge in [0.25, 0.3) is 0 Å². The monoisotopic (exact) mass is 113 g/mol. The third-order valence-corrected chi connectivity index (χ3v) is 1.07. The van der Waals surface area contributed by atoms with Crippen molar-refractivity contribution in [3.8, 4) is 0 Å². The van der Waals surface area contributed by atoms with Crippen LogP contribution in [0.25, 0.3) is 0 Å². The largest absolute Gasteiger partial charge is 0.291 e. The van der Waals surface area contributed by atoms with E-state index in [9.17, 15) is 9.59 Å². The van der Waals surface area contributed by atoms with Crippen LogP contribution in [0.5, 0.6) is 0 Å². The van der Waals surface area contributed by atoms with E-state index in [1.54, 1.807) is 12.2 Å². The van der Waals surface area contributed by atoms with E-state index in [4.69, 9.17) is 0 Å². The zero-order valence-electron chi connectivity index (χ0n) is 4.02. The molecular weight excluding hydrogens is 108 g/mol. The van der Waals surface area contributed by atoms with Gasteiger partial charge in [0, 0.05) is 16.7 Å². The molecule has 2 nitrogen and oxygen atoms in total. The molecule has 0 N–H and O–H groups in total. The molecule has 0 aromatic heterocycles. The first kappa shape index (κ1) is 6.34. The second kappa shape index (κ2) is 3.52. The van der Waals surface area contributed by atoms with Gasteiger partial charge in [-0.2, -0.15) is 0 Å². The van der Waals surface area contributed by atoms with Gasteiger partial charge in [-0.15, -0.1) is 0 Å². The Labute approximate surface area is 44.6 Å². The zero-order chi connectivity index (χ0) is 5.70. The van der Waals surface area contributed by atoms with Gasteiger partial charge < -0.3 is 0 Å². The van der Waals surface area contributed by atoms with Crippen molar-refractivity contribution in [2.75, 3.05) is 0 Å². The van der Waals surface area contributed by atoms with E-state index in [-0.39, 0.29) is 6.42 Å². The van der Waals surface area contributed by atoms with Crippen LogP contribution in [0.2, 0.25) is 0 Å². The van der Waals surface area contributed by atoms with Crippen LogP contribution in [0.15, 0.2) is 5.20 Å². The van der Waals surface area contributed by atoms with E-state index in [0.29, 0.717) is 15.4 Å². The molecule has 0 aliphatic carbocycles. The predicted molar refractivity (Wildman–Crippen MR) is 29.5 cm³/mol. The lowest BCUT2D eigenvalue weighted by Gasteiger charge is -1.74. The third kappa shape index (κ3) is 3.16. The lowest BCUT2D eigenvalue weighted by Crippen LogP contribution is -1.81. The second-order valence-electron chi connectivity index (χ2n) is 1.20. The maximum absolute atomic E-state index is 9.59. The number of carbonyl (C=O) groups excluding carboxylic acids is 2. The Hall–Kier alpha value is -0.663. The molecule has 0 rings (SSSR count). The fourth-order valence-corrected chi connectivity index (χ4v) is 0.289. The minimum atomic E-state index is 0.149. The minimum absolute atomic E-state index is 0.149. The Bertz CT molecular complexity index is 113. The van der Waals surface area contributed by atoms with E-state index in [2.05, 4.69) is 0 Å². The van der Waals surface area contributed by atoms with E-state index in [1.165, 1.54) is 0 Å². The Morgan fingerprint density at radius 1 is 1.57 bits per heavy atom. The summed E-state index contributed by atoms with van der Waals surface area (Å²) in [4.78, 5) is 19.1. The molecule has 0 saturated heterocycles. The molecule has 3 heteroatoms. The molecule has 1 radical (unpaired) electrons. The maximum atomic E-state index is 9.59. The second-order valence-corrected chi connectivity index (χ2v) is 2.41. The van der Waals surface area contributed by atoms with Crippen molar-refractivity contribution in [1.29, 1.82) is 0 Å². The predicted octanol–water partition coefficient (Wildman–Crippen LogP) is -1.43. The summed E-state index contributed by atoms with van der Waals surface area (Å²) in [5.74, 6) is 1.63. The number of hydrogen-bond donors (Lipinski definition) is 0. The molecule has 0 amide bonds. The molecule has 0 bridgehead atoms. The molecule has 0 saturated carbocycles. The van der Waals surface area contributed by atoms with Gasteiger partial charge in [-0.1, -0.05) is 0 Å². The molecular formula is C4H5O2Si. The van der Waals surface area contributed by atoms with Crippen molar-refractivity contribution in [2.45, 2.75) is 6.42 Å². The smallest absolute Gasteiger partial charge is 0.203 e. The van der Waals surface area contributed by atoms with Crippen molar-refractivity contribution >= 4 is 22.5 Å². The summed E-state index contributed by atoms with van der Waals surface area (Å²) < 4.78 is 0. The minimum Gasteiger partial charge on any atom is -0.291 e. The molecule has 0 aliphatic rings. The highest BCUT2D eigenvalue weighted by Gasteiger charge is 1.83. The average molecular weight is 113 g/mol. The summed E-state index contributed by atoms with van der Waals surface area (Å²) in [5.41, 5.74) is 0. The number of hydrogen-bond acceptors (Lipinski definition) is 2. The van der Waals surface area contributed by atoms with Crippen LogP contribution in [0.1, 0.15) is 6.42 Å².